The first-order valence-corrected chi connectivity index (χ1v) is 7.69. The molecule has 0 unspecified atom stereocenters. The molecule has 0 N–H and O–H groups in total. The smallest absolute Gasteiger partial charge is 0.343 e. The van der Waals surface area contributed by atoms with Gasteiger partial charge in [-0.2, -0.15) is 0 Å². The Hall–Kier alpha value is -1.75. The van der Waals surface area contributed by atoms with Crippen molar-refractivity contribution in [2.24, 2.45) is 0 Å². The van der Waals surface area contributed by atoms with Gasteiger partial charge in [0.2, 0.25) is 0 Å². The van der Waals surface area contributed by atoms with Gasteiger partial charge in [-0.25, -0.2) is 9.59 Å². The molecule has 2 aromatic rings. The van der Waals surface area contributed by atoms with Crippen molar-refractivity contribution < 1.29 is 19.1 Å². The van der Waals surface area contributed by atoms with Gasteiger partial charge in [0.15, 0.2) is 5.75 Å². The van der Waals surface area contributed by atoms with Gasteiger partial charge in [0.25, 0.3) is 0 Å². The lowest BCUT2D eigenvalue weighted by Crippen LogP contribution is -2.11. The van der Waals surface area contributed by atoms with Crippen molar-refractivity contribution in [2.45, 2.75) is 6.92 Å². The highest BCUT2D eigenvalue weighted by molar-refractivity contribution is 6.40. The van der Waals surface area contributed by atoms with Gasteiger partial charge in [-0.1, -0.05) is 40.9 Å². The average Bonchev–Trinajstić information content (AvgIpc) is 2.51. The van der Waals surface area contributed by atoms with Crippen LogP contribution in [0.25, 0.3) is 0 Å². The van der Waals surface area contributed by atoms with E-state index in [0.717, 1.165) is 0 Å². The Labute approximate surface area is 147 Å². The molecular weight excluding hydrogens is 363 g/mol. The quantitative estimate of drug-likeness (QED) is 0.556. The van der Waals surface area contributed by atoms with Crippen molar-refractivity contribution >= 4 is 46.7 Å². The predicted molar refractivity (Wildman–Crippen MR) is 88.8 cm³/mol. The summed E-state index contributed by atoms with van der Waals surface area (Å²) < 4.78 is 10.1. The third-order valence-electron chi connectivity index (χ3n) is 2.77. The van der Waals surface area contributed by atoms with Crippen LogP contribution < -0.4 is 4.74 Å². The third-order valence-corrected chi connectivity index (χ3v) is 3.55. The van der Waals surface area contributed by atoms with Crippen LogP contribution in [0.3, 0.4) is 0 Å². The molecule has 120 valence electrons. The highest BCUT2D eigenvalue weighted by Crippen LogP contribution is 2.36. The van der Waals surface area contributed by atoms with Crippen LogP contribution in [0.1, 0.15) is 27.6 Å². The van der Waals surface area contributed by atoms with Gasteiger partial charge >= 0.3 is 11.9 Å². The molecule has 0 bridgehead atoms. The second kappa shape index (κ2) is 7.68. The molecule has 0 aliphatic rings. The number of carbonyl (C=O) groups is 2. The maximum Gasteiger partial charge on any atom is 0.343 e. The summed E-state index contributed by atoms with van der Waals surface area (Å²) in [4.78, 5) is 23.9. The van der Waals surface area contributed by atoms with E-state index in [1.807, 2.05) is 0 Å². The first kappa shape index (κ1) is 17.6. The van der Waals surface area contributed by atoms with E-state index >= 15 is 0 Å². The number of benzene rings is 2. The summed E-state index contributed by atoms with van der Waals surface area (Å²) >= 11 is 17.7. The fourth-order valence-corrected chi connectivity index (χ4v) is 2.66. The van der Waals surface area contributed by atoms with E-state index in [9.17, 15) is 9.59 Å². The van der Waals surface area contributed by atoms with E-state index in [0.29, 0.717) is 5.02 Å². The standard InChI is InChI=1S/C16H11Cl3O4/c1-2-22-15(20)9-4-3-5-10(6-9)16(21)23-14-12(18)7-11(17)8-13(14)19/h3-8H,2H2,1H3. The maximum atomic E-state index is 12.2. The molecule has 0 aliphatic heterocycles. The number of hydrogen-bond donors (Lipinski definition) is 0. The van der Waals surface area contributed by atoms with Crippen LogP contribution in [0.2, 0.25) is 15.1 Å². The molecule has 0 heterocycles. The van der Waals surface area contributed by atoms with Crippen LogP contribution in [-0.4, -0.2) is 18.5 Å². The van der Waals surface area contributed by atoms with Crippen molar-refractivity contribution in [3.05, 3.63) is 62.6 Å². The monoisotopic (exact) mass is 372 g/mol. The van der Waals surface area contributed by atoms with Crippen molar-refractivity contribution in [1.29, 1.82) is 0 Å². The summed E-state index contributed by atoms with van der Waals surface area (Å²) in [5.41, 5.74) is 0.409. The minimum absolute atomic E-state index is 0.00395. The fourth-order valence-electron chi connectivity index (χ4n) is 1.77. The molecule has 23 heavy (non-hydrogen) atoms. The summed E-state index contributed by atoms with van der Waals surface area (Å²) in [5, 5.41) is 0.541. The minimum atomic E-state index is -0.706. The Morgan fingerprint density at radius 3 is 2.09 bits per heavy atom. The van der Waals surface area contributed by atoms with E-state index < -0.39 is 11.9 Å². The molecule has 2 rings (SSSR count). The van der Waals surface area contributed by atoms with E-state index in [1.165, 1.54) is 30.3 Å². The first-order chi connectivity index (χ1) is 10.9. The van der Waals surface area contributed by atoms with Crippen LogP contribution in [0, 0.1) is 0 Å². The van der Waals surface area contributed by atoms with Crippen LogP contribution in [0.15, 0.2) is 36.4 Å². The highest BCUT2D eigenvalue weighted by Gasteiger charge is 2.17. The van der Waals surface area contributed by atoms with Gasteiger partial charge in [0.05, 0.1) is 27.8 Å². The van der Waals surface area contributed by atoms with Gasteiger partial charge < -0.3 is 9.47 Å². The van der Waals surface area contributed by atoms with Gasteiger partial charge in [0.1, 0.15) is 0 Å². The molecule has 0 fully saturated rings. The Morgan fingerprint density at radius 2 is 1.52 bits per heavy atom. The zero-order valence-electron chi connectivity index (χ0n) is 11.9. The summed E-state index contributed by atoms with van der Waals surface area (Å²) in [5.74, 6) is -1.23. The SMILES string of the molecule is CCOC(=O)c1cccc(C(=O)Oc2c(Cl)cc(Cl)cc2Cl)c1. The summed E-state index contributed by atoms with van der Waals surface area (Å²) in [6, 6.07) is 8.78. The molecule has 0 radical (unpaired) electrons. The van der Waals surface area contributed by atoms with Crippen LogP contribution >= 0.6 is 34.8 Å². The largest absolute Gasteiger partial charge is 0.462 e. The zero-order valence-corrected chi connectivity index (χ0v) is 14.2. The molecule has 0 aliphatic carbocycles. The van der Waals surface area contributed by atoms with Crippen LogP contribution in [-0.2, 0) is 4.74 Å². The molecule has 0 saturated carbocycles. The molecular formula is C16H11Cl3O4. The lowest BCUT2D eigenvalue weighted by molar-refractivity contribution is 0.0526. The molecule has 0 amide bonds. The van der Waals surface area contributed by atoms with Crippen LogP contribution in [0.4, 0.5) is 0 Å². The normalized spacial score (nSPS) is 10.3. The van der Waals surface area contributed by atoms with Crippen molar-refractivity contribution in [3.8, 4) is 5.75 Å². The van der Waals surface area contributed by atoms with E-state index in [2.05, 4.69) is 0 Å². The number of ether oxygens (including phenoxy) is 2. The topological polar surface area (TPSA) is 52.6 Å². The van der Waals surface area contributed by atoms with Crippen molar-refractivity contribution in [1.82, 2.24) is 0 Å². The summed E-state index contributed by atoms with van der Waals surface area (Å²) in [6.07, 6.45) is 0. The van der Waals surface area contributed by atoms with Gasteiger partial charge in [-0.3, -0.25) is 0 Å². The number of rotatable bonds is 4. The average molecular weight is 374 g/mol. The maximum absolute atomic E-state index is 12.2. The molecule has 2 aromatic carbocycles. The first-order valence-electron chi connectivity index (χ1n) is 6.56. The number of carbonyl (C=O) groups excluding carboxylic acids is 2. The Balaban J connectivity index is 2.25. The molecule has 0 saturated heterocycles. The minimum Gasteiger partial charge on any atom is -0.462 e. The second-order valence-corrected chi connectivity index (χ2v) is 5.64. The predicted octanol–water partition coefficient (Wildman–Crippen LogP) is 5.04. The number of halogens is 3. The Morgan fingerprint density at radius 1 is 0.957 bits per heavy atom. The number of esters is 2. The lowest BCUT2D eigenvalue weighted by atomic mass is 10.1. The third kappa shape index (κ3) is 4.38. The fraction of sp³-hybridized carbons (Fsp3) is 0.125. The zero-order chi connectivity index (χ0) is 17.0. The molecule has 7 heteroatoms. The second-order valence-electron chi connectivity index (χ2n) is 4.39. The molecule has 0 aromatic heterocycles. The van der Waals surface area contributed by atoms with Crippen molar-refractivity contribution in [3.63, 3.8) is 0 Å². The van der Waals surface area contributed by atoms with Crippen molar-refractivity contribution in [2.75, 3.05) is 6.61 Å². The van der Waals surface area contributed by atoms with E-state index in [1.54, 1.807) is 13.0 Å². The van der Waals surface area contributed by atoms with Crippen LogP contribution in [0.5, 0.6) is 5.75 Å². The summed E-state index contributed by atoms with van der Waals surface area (Å²) in [7, 11) is 0. The number of hydrogen-bond acceptors (Lipinski definition) is 4. The van der Waals surface area contributed by atoms with Gasteiger partial charge in [0, 0.05) is 5.02 Å². The Kier molecular flexibility index (Phi) is 5.88. The van der Waals surface area contributed by atoms with Gasteiger partial charge in [-0.15, -0.1) is 0 Å². The van der Waals surface area contributed by atoms with E-state index in [-0.39, 0.29) is 33.5 Å². The lowest BCUT2D eigenvalue weighted by Gasteiger charge is -2.09. The summed E-state index contributed by atoms with van der Waals surface area (Å²) in [6.45, 7) is 1.93. The molecule has 0 spiro atoms. The Bertz CT molecular complexity index is 736. The van der Waals surface area contributed by atoms with E-state index in [4.69, 9.17) is 44.3 Å². The molecule has 0 atom stereocenters. The highest BCUT2D eigenvalue weighted by atomic mass is 35.5. The van der Waals surface area contributed by atoms with Gasteiger partial charge in [-0.05, 0) is 37.3 Å². The molecule has 4 nitrogen and oxygen atoms in total.